The maximum Gasteiger partial charge on any atom is 0.338 e. The van der Waals surface area contributed by atoms with Gasteiger partial charge in [0.15, 0.2) is 0 Å². The van der Waals surface area contributed by atoms with Gasteiger partial charge >= 0.3 is 5.97 Å². The van der Waals surface area contributed by atoms with Crippen molar-refractivity contribution < 1.29 is 9.53 Å². The highest BCUT2D eigenvalue weighted by atomic mass is 16.5. The third-order valence-electron chi connectivity index (χ3n) is 3.50. The van der Waals surface area contributed by atoms with E-state index in [4.69, 9.17) is 4.74 Å². The third-order valence-corrected chi connectivity index (χ3v) is 3.50. The largest absolute Gasteiger partial charge is 0.462 e. The van der Waals surface area contributed by atoms with Crippen LogP contribution in [-0.4, -0.2) is 17.6 Å². The van der Waals surface area contributed by atoms with Gasteiger partial charge in [-0.3, -0.25) is 0 Å². The van der Waals surface area contributed by atoms with Crippen LogP contribution < -0.4 is 0 Å². The second-order valence-corrected chi connectivity index (χ2v) is 5.11. The molecule has 0 saturated heterocycles. The second kappa shape index (κ2) is 6.44. The first-order chi connectivity index (χ1) is 11.2. The van der Waals surface area contributed by atoms with Crippen LogP contribution in [0.5, 0.6) is 0 Å². The molecule has 3 aromatic rings. The number of rotatable bonds is 4. The lowest BCUT2D eigenvalue weighted by Crippen LogP contribution is -2.03. The Labute approximate surface area is 134 Å². The maximum absolute atomic E-state index is 11.6. The Morgan fingerprint density at radius 3 is 2.57 bits per heavy atom. The number of benzene rings is 2. The summed E-state index contributed by atoms with van der Waals surface area (Å²) in [4.78, 5) is 14.9. The van der Waals surface area contributed by atoms with Crippen LogP contribution in [0.4, 0.5) is 11.4 Å². The van der Waals surface area contributed by atoms with Crippen molar-refractivity contribution in [3.63, 3.8) is 0 Å². The van der Waals surface area contributed by atoms with E-state index in [-0.39, 0.29) is 5.97 Å². The average Bonchev–Trinajstić information content (AvgIpc) is 2.89. The fourth-order valence-electron chi connectivity index (χ4n) is 2.38. The number of azo groups is 1. The standard InChI is InChI=1S/C18H17N3O2/c1-3-23-18(22)13-8-10-14(11-9-13)20-21-17-12(2)19-16-7-5-4-6-15(16)17/h4-11,19H,3H2,1-2H3. The van der Waals surface area contributed by atoms with Crippen molar-refractivity contribution in [1.29, 1.82) is 0 Å². The molecule has 0 spiro atoms. The van der Waals surface area contributed by atoms with Crippen LogP contribution in [0, 0.1) is 6.92 Å². The molecule has 0 saturated carbocycles. The van der Waals surface area contributed by atoms with Crippen molar-refractivity contribution in [2.24, 2.45) is 10.2 Å². The van der Waals surface area contributed by atoms with Gasteiger partial charge in [0.1, 0.15) is 5.69 Å². The number of aromatic nitrogens is 1. The van der Waals surface area contributed by atoms with E-state index in [1.165, 1.54) is 0 Å². The summed E-state index contributed by atoms with van der Waals surface area (Å²) in [5.74, 6) is -0.330. The van der Waals surface area contributed by atoms with Gasteiger partial charge in [-0.05, 0) is 44.2 Å². The third kappa shape index (κ3) is 3.13. The molecule has 5 nitrogen and oxygen atoms in total. The zero-order valence-corrected chi connectivity index (χ0v) is 13.0. The van der Waals surface area contributed by atoms with Crippen molar-refractivity contribution in [1.82, 2.24) is 4.98 Å². The fourth-order valence-corrected chi connectivity index (χ4v) is 2.38. The van der Waals surface area contributed by atoms with Crippen LogP contribution in [0.15, 0.2) is 58.8 Å². The number of fused-ring (bicyclic) bond motifs is 1. The van der Waals surface area contributed by atoms with Gasteiger partial charge in [0.05, 0.1) is 17.9 Å². The van der Waals surface area contributed by atoms with Crippen LogP contribution in [0.2, 0.25) is 0 Å². The van der Waals surface area contributed by atoms with E-state index >= 15 is 0 Å². The van der Waals surface area contributed by atoms with Crippen LogP contribution in [0.1, 0.15) is 23.0 Å². The van der Waals surface area contributed by atoms with Crippen LogP contribution in [0.25, 0.3) is 10.9 Å². The number of aryl methyl sites for hydroxylation is 1. The Hall–Kier alpha value is -2.95. The number of H-pyrrole nitrogens is 1. The molecule has 0 radical (unpaired) electrons. The summed E-state index contributed by atoms with van der Waals surface area (Å²) >= 11 is 0. The van der Waals surface area contributed by atoms with E-state index in [0.717, 1.165) is 22.3 Å². The zero-order chi connectivity index (χ0) is 16.2. The Balaban J connectivity index is 1.84. The molecule has 3 rings (SSSR count). The average molecular weight is 307 g/mol. The molecular formula is C18H17N3O2. The predicted molar refractivity (Wildman–Crippen MR) is 89.6 cm³/mol. The number of nitrogens with zero attached hydrogens (tertiary/aromatic N) is 2. The molecule has 0 bridgehead atoms. The van der Waals surface area contributed by atoms with Crippen molar-refractivity contribution in [3.8, 4) is 0 Å². The van der Waals surface area contributed by atoms with Crippen molar-refractivity contribution in [2.45, 2.75) is 13.8 Å². The maximum atomic E-state index is 11.6. The first-order valence-electron chi connectivity index (χ1n) is 7.45. The summed E-state index contributed by atoms with van der Waals surface area (Å²) in [6, 6.07) is 14.9. The summed E-state index contributed by atoms with van der Waals surface area (Å²) in [6.07, 6.45) is 0. The first kappa shape index (κ1) is 15.0. The minimum atomic E-state index is -0.330. The van der Waals surface area contributed by atoms with Crippen molar-refractivity contribution in [2.75, 3.05) is 6.61 Å². The van der Waals surface area contributed by atoms with Gasteiger partial charge in [0, 0.05) is 16.6 Å². The molecule has 1 heterocycles. The Morgan fingerprint density at radius 1 is 1.09 bits per heavy atom. The number of aromatic amines is 1. The van der Waals surface area contributed by atoms with E-state index in [0.29, 0.717) is 17.9 Å². The molecule has 0 unspecified atom stereocenters. The van der Waals surface area contributed by atoms with E-state index in [9.17, 15) is 4.79 Å². The topological polar surface area (TPSA) is 66.8 Å². The molecule has 0 aliphatic heterocycles. The van der Waals surface area contributed by atoms with Gasteiger partial charge in [-0.1, -0.05) is 18.2 Å². The lowest BCUT2D eigenvalue weighted by Gasteiger charge is -2.01. The van der Waals surface area contributed by atoms with E-state index in [2.05, 4.69) is 15.2 Å². The fraction of sp³-hybridized carbons (Fsp3) is 0.167. The lowest BCUT2D eigenvalue weighted by atomic mass is 10.2. The second-order valence-electron chi connectivity index (χ2n) is 5.11. The van der Waals surface area contributed by atoms with E-state index in [1.807, 2.05) is 31.2 Å². The smallest absolute Gasteiger partial charge is 0.338 e. The molecular weight excluding hydrogens is 290 g/mol. The highest BCUT2D eigenvalue weighted by molar-refractivity contribution is 5.92. The van der Waals surface area contributed by atoms with Gasteiger partial charge in [-0.25, -0.2) is 4.79 Å². The van der Waals surface area contributed by atoms with E-state index in [1.54, 1.807) is 31.2 Å². The Bertz CT molecular complexity index is 864. The quantitative estimate of drug-likeness (QED) is 0.540. The number of para-hydroxylation sites is 1. The molecule has 0 atom stereocenters. The van der Waals surface area contributed by atoms with Gasteiger partial charge in [-0.2, -0.15) is 5.11 Å². The number of hydrogen-bond donors (Lipinski definition) is 1. The SMILES string of the molecule is CCOC(=O)c1ccc(N=Nc2c(C)[nH]c3ccccc23)cc1. The summed E-state index contributed by atoms with van der Waals surface area (Å²) in [6.45, 7) is 4.11. The normalized spacial score (nSPS) is 11.2. The Morgan fingerprint density at radius 2 is 1.83 bits per heavy atom. The molecule has 0 aliphatic rings. The van der Waals surface area contributed by atoms with Gasteiger partial charge in [-0.15, -0.1) is 5.11 Å². The summed E-state index contributed by atoms with van der Waals surface area (Å²) < 4.78 is 4.95. The summed E-state index contributed by atoms with van der Waals surface area (Å²) in [5.41, 5.74) is 4.03. The number of esters is 1. The summed E-state index contributed by atoms with van der Waals surface area (Å²) in [5, 5.41) is 9.65. The number of nitrogens with one attached hydrogen (secondary N) is 1. The first-order valence-corrected chi connectivity index (χ1v) is 7.45. The molecule has 116 valence electrons. The molecule has 5 heteroatoms. The molecule has 0 fully saturated rings. The lowest BCUT2D eigenvalue weighted by molar-refractivity contribution is 0.0526. The molecule has 1 N–H and O–H groups in total. The zero-order valence-electron chi connectivity index (χ0n) is 13.0. The molecule has 23 heavy (non-hydrogen) atoms. The van der Waals surface area contributed by atoms with Crippen LogP contribution in [-0.2, 0) is 4.74 Å². The monoisotopic (exact) mass is 307 g/mol. The van der Waals surface area contributed by atoms with Crippen molar-refractivity contribution in [3.05, 3.63) is 59.8 Å². The minimum Gasteiger partial charge on any atom is -0.462 e. The van der Waals surface area contributed by atoms with Gasteiger partial charge in [0.2, 0.25) is 0 Å². The highest BCUT2D eigenvalue weighted by Crippen LogP contribution is 2.31. The molecule has 0 amide bonds. The Kier molecular flexibility index (Phi) is 4.19. The van der Waals surface area contributed by atoms with Crippen LogP contribution in [0.3, 0.4) is 0 Å². The summed E-state index contributed by atoms with van der Waals surface area (Å²) in [7, 11) is 0. The molecule has 1 aromatic heterocycles. The van der Waals surface area contributed by atoms with Crippen LogP contribution >= 0.6 is 0 Å². The molecule has 0 aliphatic carbocycles. The number of ether oxygens (including phenoxy) is 1. The highest BCUT2D eigenvalue weighted by Gasteiger charge is 2.07. The minimum absolute atomic E-state index is 0.330. The predicted octanol–water partition coefficient (Wildman–Crippen LogP) is 5.07. The van der Waals surface area contributed by atoms with Gasteiger partial charge in [0.25, 0.3) is 0 Å². The van der Waals surface area contributed by atoms with Gasteiger partial charge < -0.3 is 9.72 Å². The van der Waals surface area contributed by atoms with E-state index < -0.39 is 0 Å². The number of hydrogen-bond acceptors (Lipinski definition) is 4. The number of carbonyl (C=O) groups excluding carboxylic acids is 1. The van der Waals surface area contributed by atoms with Crippen molar-refractivity contribution >= 4 is 28.2 Å². The number of carbonyl (C=O) groups is 1. The molecule has 2 aromatic carbocycles.